The molecular weight excluding hydrogens is 222 g/mol. The summed E-state index contributed by atoms with van der Waals surface area (Å²) in [7, 11) is 0. The van der Waals surface area contributed by atoms with Crippen molar-refractivity contribution >= 4 is 5.82 Å². The lowest BCUT2D eigenvalue weighted by atomic mass is 10.3. The third kappa shape index (κ3) is 4.18. The largest absolute Gasteiger partial charge is 0.354 e. The van der Waals surface area contributed by atoms with Crippen molar-refractivity contribution in [1.82, 2.24) is 10.3 Å². The third-order valence-electron chi connectivity index (χ3n) is 2.76. The van der Waals surface area contributed by atoms with Crippen LogP contribution in [0.4, 0.5) is 5.82 Å². The Hall–Kier alpha value is -1.87. The molecule has 1 aliphatic rings. The lowest BCUT2D eigenvalue weighted by Crippen LogP contribution is -2.43. The number of piperazine rings is 1. The van der Waals surface area contributed by atoms with E-state index in [1.165, 1.54) is 0 Å². The number of nitrogens with one attached hydrogen (secondary N) is 1. The predicted octanol–water partition coefficient (Wildman–Crippen LogP) is 2.18. The normalized spacial score (nSPS) is 14.6. The fourth-order valence-electron chi connectivity index (χ4n) is 1.82. The SMILES string of the molecule is c1ccc(N2CCNCC2)nc1.c1ccccc1. The minimum Gasteiger partial charge on any atom is -0.354 e. The maximum absolute atomic E-state index is 4.30. The van der Waals surface area contributed by atoms with Crippen LogP contribution in [0.1, 0.15) is 0 Å². The van der Waals surface area contributed by atoms with Gasteiger partial charge in [-0.05, 0) is 12.1 Å². The first-order chi connectivity index (χ1) is 8.97. The summed E-state index contributed by atoms with van der Waals surface area (Å²) >= 11 is 0. The zero-order valence-corrected chi connectivity index (χ0v) is 10.5. The maximum atomic E-state index is 4.30. The molecule has 18 heavy (non-hydrogen) atoms. The van der Waals surface area contributed by atoms with Crippen molar-refractivity contribution < 1.29 is 0 Å². The molecule has 1 aliphatic heterocycles. The fraction of sp³-hybridized carbons (Fsp3) is 0.267. The topological polar surface area (TPSA) is 28.2 Å². The molecule has 94 valence electrons. The number of benzene rings is 1. The molecule has 0 bridgehead atoms. The van der Waals surface area contributed by atoms with Crippen LogP contribution in [0.25, 0.3) is 0 Å². The molecule has 0 amide bonds. The molecule has 1 N–H and O–H groups in total. The van der Waals surface area contributed by atoms with Crippen LogP contribution in [0, 0.1) is 0 Å². The Balaban J connectivity index is 0.000000169. The molecule has 1 aromatic carbocycles. The average Bonchev–Trinajstić information content (AvgIpc) is 2.51. The molecule has 0 spiro atoms. The first-order valence-corrected chi connectivity index (χ1v) is 6.33. The number of pyridine rings is 1. The van der Waals surface area contributed by atoms with Gasteiger partial charge in [0.25, 0.3) is 0 Å². The summed E-state index contributed by atoms with van der Waals surface area (Å²) in [6.07, 6.45) is 1.84. The highest BCUT2D eigenvalue weighted by Crippen LogP contribution is 2.08. The zero-order valence-electron chi connectivity index (χ0n) is 10.5. The molecule has 1 saturated heterocycles. The highest BCUT2D eigenvalue weighted by Gasteiger charge is 2.09. The number of rotatable bonds is 1. The molecule has 3 rings (SSSR count). The van der Waals surface area contributed by atoms with Crippen LogP contribution in [-0.4, -0.2) is 31.2 Å². The van der Waals surface area contributed by atoms with Gasteiger partial charge in [0, 0.05) is 32.4 Å². The molecular formula is C15H19N3. The van der Waals surface area contributed by atoms with Crippen LogP contribution in [0.5, 0.6) is 0 Å². The highest BCUT2D eigenvalue weighted by molar-refractivity contribution is 5.38. The van der Waals surface area contributed by atoms with E-state index < -0.39 is 0 Å². The van der Waals surface area contributed by atoms with E-state index in [-0.39, 0.29) is 0 Å². The summed E-state index contributed by atoms with van der Waals surface area (Å²) in [6.45, 7) is 4.27. The lowest BCUT2D eigenvalue weighted by molar-refractivity contribution is 0.585. The minimum absolute atomic E-state index is 1.07. The molecule has 0 radical (unpaired) electrons. The predicted molar refractivity (Wildman–Crippen MR) is 75.8 cm³/mol. The van der Waals surface area contributed by atoms with E-state index in [2.05, 4.69) is 21.3 Å². The number of hydrogen-bond donors (Lipinski definition) is 1. The number of nitrogens with zero attached hydrogens (tertiary/aromatic N) is 2. The van der Waals surface area contributed by atoms with E-state index in [1.807, 2.05) is 54.7 Å². The molecule has 3 heteroatoms. The Kier molecular flexibility index (Phi) is 5.21. The van der Waals surface area contributed by atoms with Crippen molar-refractivity contribution in [2.24, 2.45) is 0 Å². The second-order valence-electron chi connectivity index (χ2n) is 4.08. The lowest BCUT2D eigenvalue weighted by Gasteiger charge is -2.28. The summed E-state index contributed by atoms with van der Waals surface area (Å²) < 4.78 is 0. The van der Waals surface area contributed by atoms with E-state index >= 15 is 0 Å². The Morgan fingerprint density at radius 2 is 1.44 bits per heavy atom. The van der Waals surface area contributed by atoms with Crippen LogP contribution >= 0.6 is 0 Å². The quantitative estimate of drug-likeness (QED) is 0.829. The molecule has 0 aliphatic carbocycles. The first-order valence-electron chi connectivity index (χ1n) is 6.33. The summed E-state index contributed by atoms with van der Waals surface area (Å²) in [5.41, 5.74) is 0. The second kappa shape index (κ2) is 7.45. The van der Waals surface area contributed by atoms with Gasteiger partial charge in [0.05, 0.1) is 0 Å². The van der Waals surface area contributed by atoms with Crippen LogP contribution in [0.15, 0.2) is 60.8 Å². The van der Waals surface area contributed by atoms with Crippen molar-refractivity contribution in [3.8, 4) is 0 Å². The molecule has 0 unspecified atom stereocenters. The highest BCUT2D eigenvalue weighted by atomic mass is 15.2. The van der Waals surface area contributed by atoms with Crippen LogP contribution in [0.3, 0.4) is 0 Å². The maximum Gasteiger partial charge on any atom is 0.128 e. The molecule has 2 aromatic rings. The van der Waals surface area contributed by atoms with Crippen molar-refractivity contribution in [2.45, 2.75) is 0 Å². The van der Waals surface area contributed by atoms with Gasteiger partial charge >= 0.3 is 0 Å². The van der Waals surface area contributed by atoms with Crippen molar-refractivity contribution in [3.63, 3.8) is 0 Å². The second-order valence-corrected chi connectivity index (χ2v) is 4.08. The molecule has 1 fully saturated rings. The Bertz CT molecular complexity index is 384. The van der Waals surface area contributed by atoms with Crippen LogP contribution in [0.2, 0.25) is 0 Å². The summed E-state index contributed by atoms with van der Waals surface area (Å²) in [6, 6.07) is 18.0. The van der Waals surface area contributed by atoms with Gasteiger partial charge < -0.3 is 10.2 Å². The van der Waals surface area contributed by atoms with Gasteiger partial charge in [-0.2, -0.15) is 0 Å². The van der Waals surface area contributed by atoms with E-state index in [4.69, 9.17) is 0 Å². The Labute approximate surface area is 108 Å². The fourth-order valence-corrected chi connectivity index (χ4v) is 1.82. The molecule has 1 aromatic heterocycles. The van der Waals surface area contributed by atoms with E-state index in [9.17, 15) is 0 Å². The third-order valence-corrected chi connectivity index (χ3v) is 2.76. The summed E-state index contributed by atoms with van der Waals surface area (Å²) in [5, 5.41) is 3.32. The van der Waals surface area contributed by atoms with Crippen molar-refractivity contribution in [1.29, 1.82) is 0 Å². The van der Waals surface area contributed by atoms with Crippen molar-refractivity contribution in [2.75, 3.05) is 31.1 Å². The average molecular weight is 241 g/mol. The van der Waals surface area contributed by atoms with Gasteiger partial charge in [-0.25, -0.2) is 4.98 Å². The van der Waals surface area contributed by atoms with Crippen molar-refractivity contribution in [3.05, 3.63) is 60.8 Å². The number of aromatic nitrogens is 1. The summed E-state index contributed by atoms with van der Waals surface area (Å²) in [4.78, 5) is 6.60. The standard InChI is InChI=1S/C9H13N3.C6H6/c1-2-4-11-9(3-1)12-7-5-10-6-8-12;1-2-4-6-5-3-1/h1-4,10H,5-8H2;1-6H. The van der Waals surface area contributed by atoms with Crippen LogP contribution < -0.4 is 10.2 Å². The monoisotopic (exact) mass is 241 g/mol. The summed E-state index contributed by atoms with van der Waals surface area (Å²) in [5.74, 6) is 1.10. The molecule has 0 saturated carbocycles. The van der Waals surface area contributed by atoms with E-state index in [1.54, 1.807) is 0 Å². The molecule has 2 heterocycles. The van der Waals surface area contributed by atoms with Gasteiger partial charge in [0.1, 0.15) is 5.82 Å². The van der Waals surface area contributed by atoms with Crippen LogP contribution in [-0.2, 0) is 0 Å². The van der Waals surface area contributed by atoms with E-state index in [0.29, 0.717) is 0 Å². The zero-order chi connectivity index (χ0) is 12.5. The Morgan fingerprint density at radius 1 is 0.833 bits per heavy atom. The Morgan fingerprint density at radius 3 is 1.94 bits per heavy atom. The first kappa shape index (κ1) is 12.6. The van der Waals surface area contributed by atoms with Gasteiger partial charge in [0.2, 0.25) is 0 Å². The molecule has 3 nitrogen and oxygen atoms in total. The van der Waals surface area contributed by atoms with Gasteiger partial charge in [0.15, 0.2) is 0 Å². The smallest absolute Gasteiger partial charge is 0.128 e. The van der Waals surface area contributed by atoms with E-state index in [0.717, 1.165) is 32.0 Å². The number of hydrogen-bond acceptors (Lipinski definition) is 3. The number of anilines is 1. The molecule has 0 atom stereocenters. The van der Waals surface area contributed by atoms with Gasteiger partial charge in [-0.1, -0.05) is 42.5 Å². The minimum atomic E-state index is 1.07. The van der Waals surface area contributed by atoms with Gasteiger partial charge in [-0.3, -0.25) is 0 Å². The van der Waals surface area contributed by atoms with Gasteiger partial charge in [-0.15, -0.1) is 0 Å².